The third kappa shape index (κ3) is 4.13. The number of hydrogen-bond acceptors (Lipinski definition) is 4. The molecular weight excluding hydrogens is 386 g/mol. The molecule has 3 aromatic carbocycles. The minimum atomic E-state index is -3.87. The van der Waals surface area contributed by atoms with Crippen LogP contribution in [0.3, 0.4) is 0 Å². The van der Waals surface area contributed by atoms with Crippen molar-refractivity contribution in [1.29, 1.82) is 0 Å². The molecule has 0 bridgehead atoms. The standard InChI is InChI=1S/C20H16ClNO4S/c1-22(15-8-4-2-5-9-15)27(24,25)17-12-13-19(21)18(14-17)20(23)26-16-10-6-3-7-11-16/h2-14H,1H3. The van der Waals surface area contributed by atoms with E-state index >= 15 is 0 Å². The van der Waals surface area contributed by atoms with Crippen LogP contribution in [0.5, 0.6) is 5.75 Å². The summed E-state index contributed by atoms with van der Waals surface area (Å²) in [6.07, 6.45) is 0. The zero-order chi connectivity index (χ0) is 19.4. The molecule has 0 atom stereocenters. The predicted octanol–water partition coefficient (Wildman–Crippen LogP) is 4.38. The Hall–Kier alpha value is -2.83. The quantitative estimate of drug-likeness (QED) is 0.470. The molecule has 0 aliphatic rings. The average molecular weight is 402 g/mol. The number of nitrogens with zero attached hydrogens (tertiary/aromatic N) is 1. The molecule has 0 aromatic heterocycles. The number of para-hydroxylation sites is 2. The van der Waals surface area contributed by atoms with Crippen molar-refractivity contribution >= 4 is 33.3 Å². The van der Waals surface area contributed by atoms with Gasteiger partial charge in [0.15, 0.2) is 0 Å². The number of rotatable bonds is 5. The Morgan fingerprint density at radius 3 is 2.15 bits per heavy atom. The first kappa shape index (κ1) is 18.9. The van der Waals surface area contributed by atoms with E-state index in [0.717, 1.165) is 4.31 Å². The van der Waals surface area contributed by atoms with Crippen molar-refractivity contribution < 1.29 is 17.9 Å². The van der Waals surface area contributed by atoms with Gasteiger partial charge in [-0.1, -0.05) is 48.0 Å². The molecule has 3 rings (SSSR count). The normalized spacial score (nSPS) is 11.0. The van der Waals surface area contributed by atoms with Gasteiger partial charge in [-0.25, -0.2) is 13.2 Å². The van der Waals surface area contributed by atoms with Crippen LogP contribution in [0, 0.1) is 0 Å². The Morgan fingerprint density at radius 1 is 0.926 bits per heavy atom. The Balaban J connectivity index is 1.94. The highest BCUT2D eigenvalue weighted by Crippen LogP contribution is 2.26. The predicted molar refractivity (Wildman–Crippen MR) is 105 cm³/mol. The largest absolute Gasteiger partial charge is 0.423 e. The molecule has 7 heteroatoms. The van der Waals surface area contributed by atoms with Crippen LogP contribution in [-0.2, 0) is 10.0 Å². The van der Waals surface area contributed by atoms with Crippen LogP contribution >= 0.6 is 11.6 Å². The van der Waals surface area contributed by atoms with Gasteiger partial charge in [0, 0.05) is 7.05 Å². The van der Waals surface area contributed by atoms with E-state index < -0.39 is 16.0 Å². The van der Waals surface area contributed by atoms with Crippen molar-refractivity contribution in [2.45, 2.75) is 4.90 Å². The van der Waals surface area contributed by atoms with Crippen LogP contribution in [0.4, 0.5) is 5.69 Å². The van der Waals surface area contributed by atoms with Crippen LogP contribution in [0.25, 0.3) is 0 Å². The van der Waals surface area contributed by atoms with Gasteiger partial charge >= 0.3 is 5.97 Å². The lowest BCUT2D eigenvalue weighted by Crippen LogP contribution is -2.26. The Bertz CT molecular complexity index is 1050. The Morgan fingerprint density at radius 2 is 1.52 bits per heavy atom. The number of carbonyl (C=O) groups excluding carboxylic acids is 1. The second kappa shape index (κ2) is 7.82. The van der Waals surface area contributed by atoms with Crippen molar-refractivity contribution in [3.05, 3.63) is 89.4 Å². The fourth-order valence-corrected chi connectivity index (χ4v) is 3.82. The van der Waals surface area contributed by atoms with Gasteiger partial charge in [0.2, 0.25) is 0 Å². The summed E-state index contributed by atoms with van der Waals surface area (Å²) in [6.45, 7) is 0. The summed E-state index contributed by atoms with van der Waals surface area (Å²) in [5.41, 5.74) is 0.476. The number of sulfonamides is 1. The number of ether oxygens (including phenoxy) is 1. The van der Waals surface area contributed by atoms with Gasteiger partial charge in [-0.05, 0) is 42.5 Å². The maximum atomic E-state index is 12.9. The van der Waals surface area contributed by atoms with Crippen molar-refractivity contribution in [3.8, 4) is 5.75 Å². The van der Waals surface area contributed by atoms with Gasteiger partial charge in [-0.2, -0.15) is 0 Å². The van der Waals surface area contributed by atoms with Crippen molar-refractivity contribution in [3.63, 3.8) is 0 Å². The lowest BCUT2D eigenvalue weighted by atomic mass is 10.2. The van der Waals surface area contributed by atoms with Gasteiger partial charge in [0.1, 0.15) is 5.75 Å². The van der Waals surface area contributed by atoms with E-state index in [-0.39, 0.29) is 15.5 Å². The minimum absolute atomic E-state index is 0.0249. The molecule has 0 aliphatic heterocycles. The van der Waals surface area contributed by atoms with E-state index in [2.05, 4.69) is 0 Å². The molecule has 0 unspecified atom stereocenters. The fourth-order valence-electron chi connectivity index (χ4n) is 2.41. The SMILES string of the molecule is CN(c1ccccc1)S(=O)(=O)c1ccc(Cl)c(C(=O)Oc2ccccc2)c1. The lowest BCUT2D eigenvalue weighted by Gasteiger charge is -2.20. The van der Waals surface area contributed by atoms with E-state index in [4.69, 9.17) is 16.3 Å². The molecule has 0 radical (unpaired) electrons. The molecule has 3 aromatic rings. The zero-order valence-electron chi connectivity index (χ0n) is 14.4. The zero-order valence-corrected chi connectivity index (χ0v) is 15.9. The minimum Gasteiger partial charge on any atom is -0.423 e. The first-order chi connectivity index (χ1) is 12.9. The fraction of sp³-hybridized carbons (Fsp3) is 0.0500. The second-order valence-corrected chi connectivity index (χ2v) is 8.03. The number of halogens is 1. The maximum absolute atomic E-state index is 12.9. The monoisotopic (exact) mass is 401 g/mol. The maximum Gasteiger partial charge on any atom is 0.345 e. The molecule has 5 nitrogen and oxygen atoms in total. The second-order valence-electron chi connectivity index (χ2n) is 5.65. The lowest BCUT2D eigenvalue weighted by molar-refractivity contribution is 0.0734. The van der Waals surface area contributed by atoms with Crippen LogP contribution in [0.1, 0.15) is 10.4 Å². The summed E-state index contributed by atoms with van der Waals surface area (Å²) in [5.74, 6) is -0.390. The van der Waals surface area contributed by atoms with Gasteiger partial charge in [0.05, 0.1) is 21.2 Å². The highest BCUT2D eigenvalue weighted by Gasteiger charge is 2.24. The van der Waals surface area contributed by atoms with E-state index in [1.807, 2.05) is 0 Å². The summed E-state index contributed by atoms with van der Waals surface area (Å²) in [6, 6.07) is 21.1. The number of esters is 1. The highest BCUT2D eigenvalue weighted by molar-refractivity contribution is 7.92. The van der Waals surface area contributed by atoms with Gasteiger partial charge in [-0.3, -0.25) is 4.31 Å². The highest BCUT2D eigenvalue weighted by atomic mass is 35.5. The van der Waals surface area contributed by atoms with Gasteiger partial charge in [-0.15, -0.1) is 0 Å². The van der Waals surface area contributed by atoms with E-state index in [9.17, 15) is 13.2 Å². The first-order valence-corrected chi connectivity index (χ1v) is 9.82. The number of anilines is 1. The third-order valence-electron chi connectivity index (χ3n) is 3.89. The molecule has 0 fully saturated rings. The first-order valence-electron chi connectivity index (χ1n) is 8.00. The van der Waals surface area contributed by atoms with E-state index in [1.165, 1.54) is 25.2 Å². The van der Waals surface area contributed by atoms with E-state index in [0.29, 0.717) is 11.4 Å². The van der Waals surface area contributed by atoms with Gasteiger partial charge in [0.25, 0.3) is 10.0 Å². The molecule has 0 amide bonds. The Kier molecular flexibility index (Phi) is 5.48. The number of benzene rings is 3. The van der Waals surface area contributed by atoms with Gasteiger partial charge < -0.3 is 4.74 Å². The van der Waals surface area contributed by atoms with Crippen LogP contribution < -0.4 is 9.04 Å². The number of hydrogen-bond donors (Lipinski definition) is 0. The van der Waals surface area contributed by atoms with Crippen LogP contribution in [0.2, 0.25) is 5.02 Å². The topological polar surface area (TPSA) is 63.7 Å². The number of carbonyl (C=O) groups is 1. The molecule has 0 spiro atoms. The molecule has 27 heavy (non-hydrogen) atoms. The summed E-state index contributed by atoms with van der Waals surface area (Å²) in [7, 11) is -2.43. The summed E-state index contributed by atoms with van der Waals surface area (Å²) >= 11 is 6.09. The molecular formula is C20H16ClNO4S. The smallest absolute Gasteiger partial charge is 0.345 e. The summed E-state index contributed by atoms with van der Waals surface area (Å²) in [4.78, 5) is 12.4. The van der Waals surface area contributed by atoms with E-state index in [1.54, 1.807) is 60.7 Å². The molecule has 0 aliphatic carbocycles. The molecule has 0 N–H and O–H groups in total. The third-order valence-corrected chi connectivity index (χ3v) is 6.00. The molecule has 0 saturated heterocycles. The average Bonchev–Trinajstić information content (AvgIpc) is 2.69. The molecule has 138 valence electrons. The molecule has 0 saturated carbocycles. The summed E-state index contributed by atoms with van der Waals surface area (Å²) in [5, 5.41) is 0.109. The van der Waals surface area contributed by atoms with Crippen LogP contribution in [-0.4, -0.2) is 21.4 Å². The Labute approximate surface area is 162 Å². The van der Waals surface area contributed by atoms with Crippen molar-refractivity contribution in [2.24, 2.45) is 0 Å². The van der Waals surface area contributed by atoms with Crippen molar-refractivity contribution in [2.75, 3.05) is 11.4 Å². The van der Waals surface area contributed by atoms with Crippen molar-refractivity contribution in [1.82, 2.24) is 0 Å². The summed E-state index contributed by atoms with van der Waals surface area (Å²) < 4.78 is 32.2. The molecule has 0 heterocycles. The van der Waals surface area contributed by atoms with Crippen LogP contribution in [0.15, 0.2) is 83.8 Å².